The Morgan fingerprint density at radius 2 is 1.97 bits per heavy atom. The van der Waals surface area contributed by atoms with Gasteiger partial charge in [0, 0.05) is 29.7 Å². The van der Waals surface area contributed by atoms with Crippen LogP contribution in [0.3, 0.4) is 0 Å². The highest BCUT2D eigenvalue weighted by molar-refractivity contribution is 6.51. The summed E-state index contributed by atoms with van der Waals surface area (Å²) in [6.07, 6.45) is 4.06. The average Bonchev–Trinajstić information content (AvgIpc) is 3.45. The number of fused-ring (bicyclic) bond motifs is 1. The van der Waals surface area contributed by atoms with E-state index in [0.29, 0.717) is 40.7 Å². The van der Waals surface area contributed by atoms with Crippen molar-refractivity contribution in [3.63, 3.8) is 0 Å². The first-order chi connectivity index (χ1) is 17.0. The lowest BCUT2D eigenvalue weighted by molar-refractivity contribution is -0.132. The Kier molecular flexibility index (Phi) is 5.86. The molecule has 0 spiro atoms. The van der Waals surface area contributed by atoms with Crippen molar-refractivity contribution in [3.8, 4) is 17.2 Å². The number of ether oxygens (including phenoxy) is 3. The summed E-state index contributed by atoms with van der Waals surface area (Å²) < 4.78 is 16.6. The first kappa shape index (κ1) is 22.5. The highest BCUT2D eigenvalue weighted by Gasteiger charge is 2.47. The molecule has 8 heteroatoms. The summed E-state index contributed by atoms with van der Waals surface area (Å²) in [7, 11) is 0. The van der Waals surface area contributed by atoms with Crippen molar-refractivity contribution in [3.05, 3.63) is 83.2 Å². The van der Waals surface area contributed by atoms with Crippen molar-refractivity contribution >= 4 is 23.1 Å². The number of aliphatic hydroxyl groups is 1. The van der Waals surface area contributed by atoms with Gasteiger partial charge in [-0.1, -0.05) is 13.0 Å². The van der Waals surface area contributed by atoms with Gasteiger partial charge < -0.3 is 19.3 Å². The predicted molar refractivity (Wildman–Crippen MR) is 129 cm³/mol. The first-order valence-electron chi connectivity index (χ1n) is 11.3. The van der Waals surface area contributed by atoms with Crippen molar-refractivity contribution in [2.24, 2.45) is 0 Å². The van der Waals surface area contributed by atoms with E-state index in [1.165, 1.54) is 4.90 Å². The molecule has 2 aliphatic heterocycles. The van der Waals surface area contributed by atoms with Crippen molar-refractivity contribution in [2.45, 2.75) is 26.3 Å². The van der Waals surface area contributed by atoms with Gasteiger partial charge in [0.15, 0.2) is 11.5 Å². The Balaban J connectivity index is 1.63. The Morgan fingerprint density at radius 1 is 1.14 bits per heavy atom. The smallest absolute Gasteiger partial charge is 0.300 e. The number of nitrogens with zero attached hydrogens (tertiary/aromatic N) is 2. The fourth-order valence-corrected chi connectivity index (χ4v) is 4.31. The predicted octanol–water partition coefficient (Wildman–Crippen LogP) is 4.53. The van der Waals surface area contributed by atoms with Gasteiger partial charge in [-0.25, -0.2) is 0 Å². The number of hydrogen-bond acceptors (Lipinski definition) is 7. The van der Waals surface area contributed by atoms with Crippen molar-refractivity contribution in [1.82, 2.24) is 4.98 Å². The number of benzene rings is 2. The summed E-state index contributed by atoms with van der Waals surface area (Å²) in [4.78, 5) is 32.1. The second kappa shape index (κ2) is 9.13. The topological polar surface area (TPSA) is 98.2 Å². The largest absolute Gasteiger partial charge is 0.507 e. The molecule has 1 saturated heterocycles. The number of Topliss-reactive ketones (excluding diaryl/α,β-unsaturated/α-hetero) is 1. The molecular weight excluding hydrogens is 448 g/mol. The Labute approximate surface area is 202 Å². The first-order valence-corrected chi connectivity index (χ1v) is 11.3. The summed E-state index contributed by atoms with van der Waals surface area (Å²) in [5, 5.41) is 11.3. The molecule has 1 N–H and O–H groups in total. The molecule has 8 nitrogen and oxygen atoms in total. The third kappa shape index (κ3) is 3.97. The lowest BCUT2D eigenvalue weighted by Crippen LogP contribution is -2.29. The molecule has 5 rings (SSSR count). The van der Waals surface area contributed by atoms with Gasteiger partial charge in [-0.05, 0) is 60.9 Å². The molecule has 3 heterocycles. The molecule has 35 heavy (non-hydrogen) atoms. The zero-order chi connectivity index (χ0) is 24.5. The number of pyridine rings is 1. The molecule has 1 fully saturated rings. The van der Waals surface area contributed by atoms with Crippen molar-refractivity contribution < 1.29 is 28.9 Å². The normalized spacial score (nSPS) is 18.2. The number of ketones is 1. The van der Waals surface area contributed by atoms with Crippen LogP contribution in [0.1, 0.15) is 36.1 Å². The SMILES string of the molecule is CCCOc1ccc(/C(O)=C2\C(=O)C(=O)N(c3ccc4c(c3)OCO4)C2c2cccnc2)cc1C. The maximum Gasteiger partial charge on any atom is 0.300 e. The maximum absolute atomic E-state index is 13.3. The van der Waals surface area contributed by atoms with Crippen LogP contribution in [0.2, 0.25) is 0 Å². The fraction of sp³-hybridized carbons (Fsp3) is 0.222. The lowest BCUT2D eigenvalue weighted by Gasteiger charge is -2.25. The molecule has 1 unspecified atom stereocenters. The van der Waals surface area contributed by atoms with Gasteiger partial charge in [0.05, 0.1) is 18.2 Å². The zero-order valence-corrected chi connectivity index (χ0v) is 19.4. The summed E-state index contributed by atoms with van der Waals surface area (Å²) in [5.74, 6) is -0.0489. The Hall–Kier alpha value is -4.33. The minimum Gasteiger partial charge on any atom is -0.507 e. The van der Waals surface area contributed by atoms with E-state index in [2.05, 4.69) is 4.98 Å². The molecule has 1 aromatic heterocycles. The third-order valence-electron chi connectivity index (χ3n) is 5.99. The van der Waals surface area contributed by atoms with Crippen LogP contribution in [0, 0.1) is 6.92 Å². The second-order valence-corrected chi connectivity index (χ2v) is 8.32. The van der Waals surface area contributed by atoms with Crippen LogP contribution in [0.15, 0.2) is 66.5 Å². The van der Waals surface area contributed by atoms with Crippen LogP contribution in [0.4, 0.5) is 5.69 Å². The fourth-order valence-electron chi connectivity index (χ4n) is 4.31. The van der Waals surface area contributed by atoms with Crippen LogP contribution in [-0.2, 0) is 9.59 Å². The number of hydrogen-bond donors (Lipinski definition) is 1. The summed E-state index contributed by atoms with van der Waals surface area (Å²) in [6.45, 7) is 4.55. The van der Waals surface area contributed by atoms with E-state index in [0.717, 1.165) is 12.0 Å². The molecule has 0 saturated carbocycles. The van der Waals surface area contributed by atoms with Crippen LogP contribution >= 0.6 is 0 Å². The van der Waals surface area contributed by atoms with Gasteiger partial charge in [0.1, 0.15) is 11.5 Å². The minimum atomic E-state index is -0.875. The van der Waals surface area contributed by atoms with Crippen molar-refractivity contribution in [2.75, 3.05) is 18.3 Å². The molecule has 178 valence electrons. The molecule has 2 aliphatic rings. The average molecular weight is 472 g/mol. The van der Waals surface area contributed by atoms with E-state index in [9.17, 15) is 14.7 Å². The number of amides is 1. The lowest BCUT2D eigenvalue weighted by atomic mass is 9.95. The van der Waals surface area contributed by atoms with E-state index in [1.54, 1.807) is 60.9 Å². The maximum atomic E-state index is 13.3. The molecule has 0 aliphatic carbocycles. The van der Waals surface area contributed by atoms with Crippen LogP contribution in [0.5, 0.6) is 17.2 Å². The van der Waals surface area contributed by atoms with Gasteiger partial charge in [0.2, 0.25) is 6.79 Å². The monoisotopic (exact) mass is 472 g/mol. The van der Waals surface area contributed by atoms with Crippen LogP contribution < -0.4 is 19.1 Å². The molecule has 0 radical (unpaired) electrons. The number of aliphatic hydroxyl groups excluding tert-OH is 1. The standard InChI is InChI=1S/C27H24N2O6/c1-3-11-33-20-8-6-17(12-16(20)2)25(30)23-24(18-5-4-10-28-14-18)29(27(32)26(23)31)19-7-9-21-22(13-19)35-15-34-21/h4-10,12-14,24,30H,3,11,15H2,1-2H3/b25-23+. The molecule has 1 atom stereocenters. The number of anilines is 1. The highest BCUT2D eigenvalue weighted by Crippen LogP contribution is 2.44. The number of carbonyl (C=O) groups excluding carboxylic acids is 2. The highest BCUT2D eigenvalue weighted by atomic mass is 16.7. The number of aryl methyl sites for hydroxylation is 1. The molecular formula is C27H24N2O6. The zero-order valence-electron chi connectivity index (χ0n) is 19.4. The summed E-state index contributed by atoms with van der Waals surface area (Å²) >= 11 is 0. The molecule has 3 aromatic rings. The van der Waals surface area contributed by atoms with Crippen LogP contribution in [-0.4, -0.2) is 35.2 Å². The van der Waals surface area contributed by atoms with E-state index >= 15 is 0 Å². The quantitative estimate of drug-likeness (QED) is 0.320. The minimum absolute atomic E-state index is 0.0118. The summed E-state index contributed by atoms with van der Waals surface area (Å²) in [5.41, 5.74) is 2.26. The Bertz CT molecular complexity index is 1330. The third-order valence-corrected chi connectivity index (χ3v) is 5.99. The van der Waals surface area contributed by atoms with Gasteiger partial charge in [-0.15, -0.1) is 0 Å². The van der Waals surface area contributed by atoms with Gasteiger partial charge in [0.25, 0.3) is 11.7 Å². The van der Waals surface area contributed by atoms with Crippen LogP contribution in [0.25, 0.3) is 5.76 Å². The Morgan fingerprint density at radius 3 is 2.71 bits per heavy atom. The van der Waals surface area contributed by atoms with E-state index in [1.807, 2.05) is 13.8 Å². The molecule has 1 amide bonds. The van der Waals surface area contributed by atoms with Gasteiger partial charge >= 0.3 is 0 Å². The van der Waals surface area contributed by atoms with E-state index < -0.39 is 17.7 Å². The molecule has 0 bridgehead atoms. The summed E-state index contributed by atoms with van der Waals surface area (Å²) in [6, 6.07) is 12.8. The van der Waals surface area contributed by atoms with E-state index in [-0.39, 0.29) is 18.1 Å². The second-order valence-electron chi connectivity index (χ2n) is 8.32. The number of rotatable bonds is 6. The van der Waals surface area contributed by atoms with Crippen molar-refractivity contribution in [1.29, 1.82) is 0 Å². The molecule has 2 aromatic carbocycles. The number of carbonyl (C=O) groups is 2. The van der Waals surface area contributed by atoms with E-state index in [4.69, 9.17) is 14.2 Å². The van der Waals surface area contributed by atoms with Gasteiger partial charge in [-0.2, -0.15) is 0 Å². The van der Waals surface area contributed by atoms with Gasteiger partial charge in [-0.3, -0.25) is 19.5 Å². The number of aromatic nitrogens is 1.